The summed E-state index contributed by atoms with van der Waals surface area (Å²) in [6.07, 6.45) is 0. The first-order valence-electron chi connectivity index (χ1n) is 10.8. The van der Waals surface area contributed by atoms with Gasteiger partial charge in [0.25, 0.3) is 5.91 Å². The van der Waals surface area contributed by atoms with E-state index in [1.807, 2.05) is 39.8 Å². The molecule has 0 saturated carbocycles. The molecule has 32 heavy (non-hydrogen) atoms. The van der Waals surface area contributed by atoms with E-state index in [2.05, 4.69) is 0 Å². The predicted octanol–water partition coefficient (Wildman–Crippen LogP) is 3.74. The first kappa shape index (κ1) is 21.9. The van der Waals surface area contributed by atoms with E-state index >= 15 is 0 Å². The van der Waals surface area contributed by atoms with Crippen molar-refractivity contribution < 1.29 is 23.8 Å². The second kappa shape index (κ2) is 8.67. The zero-order valence-corrected chi connectivity index (χ0v) is 18.7. The smallest absolute Gasteiger partial charge is 0.290 e. The molecule has 1 aliphatic heterocycles. The molecule has 168 valence electrons. The summed E-state index contributed by atoms with van der Waals surface area (Å²) in [7, 11) is 0. The van der Waals surface area contributed by atoms with Gasteiger partial charge in [-0.3, -0.25) is 9.59 Å². The topological polar surface area (TPSA) is 89.2 Å². The number of hydrogen-bond donors (Lipinski definition) is 1. The molecule has 0 spiro atoms. The number of hydrogen-bond acceptors (Lipinski definition) is 6. The van der Waals surface area contributed by atoms with Crippen LogP contribution in [0.1, 0.15) is 52.7 Å². The number of aliphatic hydroxyl groups excluding tert-OH is 1. The first-order chi connectivity index (χ1) is 15.4. The number of aryl methyl sites for hydroxylation is 2. The highest BCUT2D eigenvalue weighted by Crippen LogP contribution is 2.41. The standard InChI is InChI=1S/C25H27NO6/c1-5-30-18-8-7-16(13-19(18)31-6-2)21-20-22(28)17-12-14(3)11-15(4)23(17)32-24(20)25(29)26(21)9-10-27/h7-8,11-13,21,27H,5-6,9-10H2,1-4H3/t21-/m1/s1. The van der Waals surface area contributed by atoms with Crippen LogP contribution in [0.3, 0.4) is 0 Å². The lowest BCUT2D eigenvalue weighted by molar-refractivity contribution is 0.0691. The van der Waals surface area contributed by atoms with E-state index < -0.39 is 11.9 Å². The van der Waals surface area contributed by atoms with Crippen molar-refractivity contribution >= 4 is 16.9 Å². The van der Waals surface area contributed by atoms with Gasteiger partial charge in [0.05, 0.1) is 36.8 Å². The number of β-amino-alcohol motifs (C(OH)–C–C–N with tert-alkyl or cyclic N) is 1. The maximum absolute atomic E-state index is 13.6. The number of benzene rings is 2. The zero-order chi connectivity index (χ0) is 23.0. The molecule has 1 atom stereocenters. The molecule has 2 heterocycles. The third-order valence-electron chi connectivity index (χ3n) is 5.62. The van der Waals surface area contributed by atoms with Gasteiger partial charge in [-0.05, 0) is 62.6 Å². The number of rotatable bonds is 7. The molecule has 0 unspecified atom stereocenters. The molecular weight excluding hydrogens is 410 g/mol. The highest BCUT2D eigenvalue weighted by molar-refractivity contribution is 5.99. The summed E-state index contributed by atoms with van der Waals surface area (Å²) < 4.78 is 17.4. The average molecular weight is 437 g/mol. The fourth-order valence-corrected chi connectivity index (χ4v) is 4.40. The molecule has 2 aromatic carbocycles. The van der Waals surface area contributed by atoms with Crippen LogP contribution in [0, 0.1) is 13.8 Å². The van der Waals surface area contributed by atoms with Crippen molar-refractivity contribution in [2.24, 2.45) is 0 Å². The number of carbonyl (C=O) groups excluding carboxylic acids is 1. The number of nitrogens with zero attached hydrogens (tertiary/aromatic N) is 1. The van der Waals surface area contributed by atoms with E-state index in [1.54, 1.807) is 18.2 Å². The van der Waals surface area contributed by atoms with Crippen molar-refractivity contribution in [1.82, 2.24) is 4.90 Å². The van der Waals surface area contributed by atoms with Crippen LogP contribution in [0.5, 0.6) is 11.5 Å². The van der Waals surface area contributed by atoms with Gasteiger partial charge in [-0.25, -0.2) is 0 Å². The van der Waals surface area contributed by atoms with Crippen molar-refractivity contribution in [2.45, 2.75) is 33.7 Å². The molecule has 1 aromatic heterocycles. The van der Waals surface area contributed by atoms with Gasteiger partial charge >= 0.3 is 0 Å². The Hall–Kier alpha value is -3.32. The summed E-state index contributed by atoms with van der Waals surface area (Å²) in [6.45, 7) is 8.29. The highest BCUT2D eigenvalue weighted by Gasteiger charge is 2.42. The molecule has 0 bridgehead atoms. The van der Waals surface area contributed by atoms with E-state index in [-0.39, 0.29) is 29.9 Å². The summed E-state index contributed by atoms with van der Waals surface area (Å²) in [5, 5.41) is 10.1. The van der Waals surface area contributed by atoms with Gasteiger partial charge in [0.15, 0.2) is 16.9 Å². The Balaban J connectivity index is 1.97. The average Bonchev–Trinajstić information content (AvgIpc) is 3.03. The van der Waals surface area contributed by atoms with E-state index in [0.29, 0.717) is 41.2 Å². The van der Waals surface area contributed by atoms with Gasteiger partial charge in [-0.1, -0.05) is 12.1 Å². The number of aliphatic hydroxyl groups is 1. The van der Waals surface area contributed by atoms with Gasteiger partial charge in [0.2, 0.25) is 5.76 Å². The lowest BCUT2D eigenvalue weighted by atomic mass is 9.97. The summed E-state index contributed by atoms with van der Waals surface area (Å²) >= 11 is 0. The largest absolute Gasteiger partial charge is 0.490 e. The summed E-state index contributed by atoms with van der Waals surface area (Å²) in [6, 6.07) is 8.39. The maximum Gasteiger partial charge on any atom is 0.290 e. The number of fused-ring (bicyclic) bond motifs is 2. The lowest BCUT2D eigenvalue weighted by Crippen LogP contribution is -2.32. The van der Waals surface area contributed by atoms with Crippen LogP contribution < -0.4 is 14.9 Å². The van der Waals surface area contributed by atoms with Crippen molar-refractivity contribution in [3.8, 4) is 11.5 Å². The molecule has 7 heteroatoms. The lowest BCUT2D eigenvalue weighted by Gasteiger charge is -2.25. The molecule has 0 fully saturated rings. The number of carbonyl (C=O) groups is 1. The summed E-state index contributed by atoms with van der Waals surface area (Å²) in [5.41, 5.74) is 2.89. The third kappa shape index (κ3) is 3.52. The van der Waals surface area contributed by atoms with Crippen LogP contribution in [0.4, 0.5) is 0 Å². The molecule has 0 saturated heterocycles. The minimum absolute atomic E-state index is 0.0275. The van der Waals surface area contributed by atoms with Gasteiger partial charge < -0.3 is 23.9 Å². The molecule has 3 aromatic rings. The second-order valence-corrected chi connectivity index (χ2v) is 7.83. The fraction of sp³-hybridized carbons (Fsp3) is 0.360. The SMILES string of the molecule is CCOc1ccc([C@@H]2c3c(oc4c(C)cc(C)cc4c3=O)C(=O)N2CCO)cc1OCC. The minimum atomic E-state index is -0.694. The molecule has 1 amide bonds. The van der Waals surface area contributed by atoms with Gasteiger partial charge in [-0.2, -0.15) is 0 Å². The maximum atomic E-state index is 13.6. The summed E-state index contributed by atoms with van der Waals surface area (Å²) in [4.78, 5) is 28.4. The van der Waals surface area contributed by atoms with Gasteiger partial charge in [0, 0.05) is 6.54 Å². The molecular formula is C25H27NO6. The highest BCUT2D eigenvalue weighted by atomic mass is 16.5. The fourth-order valence-electron chi connectivity index (χ4n) is 4.40. The Kier molecular flexibility index (Phi) is 5.93. The van der Waals surface area contributed by atoms with E-state index in [4.69, 9.17) is 13.9 Å². The zero-order valence-electron chi connectivity index (χ0n) is 18.7. The molecule has 4 rings (SSSR count). The Bertz CT molecular complexity index is 1250. The Morgan fingerprint density at radius 3 is 2.44 bits per heavy atom. The predicted molar refractivity (Wildman–Crippen MR) is 121 cm³/mol. The number of amides is 1. The van der Waals surface area contributed by atoms with Crippen molar-refractivity contribution in [3.05, 3.63) is 68.6 Å². The van der Waals surface area contributed by atoms with E-state index in [9.17, 15) is 14.7 Å². The van der Waals surface area contributed by atoms with Gasteiger partial charge in [0.1, 0.15) is 5.58 Å². The van der Waals surface area contributed by atoms with Crippen molar-refractivity contribution in [2.75, 3.05) is 26.4 Å². The molecule has 0 aliphatic carbocycles. The normalized spacial score (nSPS) is 15.3. The first-order valence-corrected chi connectivity index (χ1v) is 10.8. The van der Waals surface area contributed by atoms with Crippen molar-refractivity contribution in [1.29, 1.82) is 0 Å². The Morgan fingerprint density at radius 1 is 1.03 bits per heavy atom. The molecule has 7 nitrogen and oxygen atoms in total. The van der Waals surface area contributed by atoms with E-state index in [0.717, 1.165) is 11.1 Å². The minimum Gasteiger partial charge on any atom is -0.490 e. The monoisotopic (exact) mass is 437 g/mol. The van der Waals surface area contributed by atoms with Crippen LogP contribution in [-0.2, 0) is 0 Å². The van der Waals surface area contributed by atoms with Crippen LogP contribution in [0.25, 0.3) is 11.0 Å². The molecule has 0 radical (unpaired) electrons. The second-order valence-electron chi connectivity index (χ2n) is 7.83. The Morgan fingerprint density at radius 2 is 1.75 bits per heavy atom. The number of ether oxygens (including phenoxy) is 2. The van der Waals surface area contributed by atoms with Crippen molar-refractivity contribution in [3.63, 3.8) is 0 Å². The van der Waals surface area contributed by atoms with Crippen LogP contribution in [-0.4, -0.2) is 42.3 Å². The van der Waals surface area contributed by atoms with Crippen LogP contribution in [0.15, 0.2) is 39.5 Å². The van der Waals surface area contributed by atoms with Crippen LogP contribution in [0.2, 0.25) is 0 Å². The van der Waals surface area contributed by atoms with Gasteiger partial charge in [-0.15, -0.1) is 0 Å². The van der Waals surface area contributed by atoms with E-state index in [1.165, 1.54) is 4.90 Å². The molecule has 1 N–H and O–H groups in total. The molecule has 1 aliphatic rings. The third-order valence-corrected chi connectivity index (χ3v) is 5.62. The summed E-state index contributed by atoms with van der Waals surface area (Å²) in [5.74, 6) is 0.742. The Labute approximate surface area is 186 Å². The quantitative estimate of drug-likeness (QED) is 0.606. The van der Waals surface area contributed by atoms with Crippen LogP contribution >= 0.6 is 0 Å².